The zero-order valence-electron chi connectivity index (χ0n) is 11.9. The molecule has 20 heavy (non-hydrogen) atoms. The molecular weight excluding hydrogens is 344 g/mol. The van der Waals surface area contributed by atoms with Gasteiger partial charge in [0.05, 0.1) is 4.90 Å². The molecular formula is C13H21BrN2O3S. The molecule has 0 radical (unpaired) electrons. The predicted molar refractivity (Wildman–Crippen MR) is 84.0 cm³/mol. The standard InChI is InChI=1S/C13H21BrN2O3S/c1-9(2)16(5-4-6-17)20(18,19)13-8-12(15)11(14)7-10(13)3/h7-9,17H,4-6,15H2,1-3H3. The molecule has 1 rings (SSSR count). The highest BCUT2D eigenvalue weighted by Gasteiger charge is 2.28. The van der Waals surface area contributed by atoms with E-state index in [0.29, 0.717) is 22.1 Å². The normalized spacial score (nSPS) is 12.3. The second kappa shape index (κ2) is 6.89. The molecule has 0 fully saturated rings. The van der Waals surface area contributed by atoms with Gasteiger partial charge in [0.1, 0.15) is 0 Å². The van der Waals surface area contributed by atoms with Crippen molar-refractivity contribution in [3.05, 3.63) is 22.2 Å². The molecule has 0 aliphatic carbocycles. The predicted octanol–water partition coefficient (Wildman–Crippen LogP) is 2.12. The van der Waals surface area contributed by atoms with E-state index in [1.807, 2.05) is 13.8 Å². The first-order chi connectivity index (χ1) is 9.21. The van der Waals surface area contributed by atoms with Gasteiger partial charge in [0.2, 0.25) is 10.0 Å². The van der Waals surface area contributed by atoms with Crippen LogP contribution in [0.25, 0.3) is 0 Å². The zero-order valence-corrected chi connectivity index (χ0v) is 14.3. The fraction of sp³-hybridized carbons (Fsp3) is 0.538. The lowest BCUT2D eigenvalue weighted by Crippen LogP contribution is -2.38. The van der Waals surface area contributed by atoms with Crippen LogP contribution in [-0.4, -0.2) is 37.0 Å². The number of rotatable bonds is 6. The molecule has 0 bridgehead atoms. The van der Waals surface area contributed by atoms with Gasteiger partial charge in [-0.1, -0.05) is 0 Å². The van der Waals surface area contributed by atoms with E-state index in [0.717, 1.165) is 0 Å². The van der Waals surface area contributed by atoms with Gasteiger partial charge in [-0.25, -0.2) is 8.42 Å². The number of anilines is 1. The van der Waals surface area contributed by atoms with Crippen molar-refractivity contribution in [2.45, 2.75) is 38.1 Å². The van der Waals surface area contributed by atoms with Crippen LogP contribution in [0, 0.1) is 6.92 Å². The maximum atomic E-state index is 12.7. The molecule has 0 aliphatic heterocycles. The first-order valence-corrected chi connectivity index (χ1v) is 8.63. The third kappa shape index (κ3) is 3.72. The zero-order chi connectivity index (χ0) is 15.5. The largest absolute Gasteiger partial charge is 0.398 e. The molecule has 0 aliphatic rings. The van der Waals surface area contributed by atoms with Gasteiger partial charge in [-0.05, 0) is 60.8 Å². The molecule has 0 spiro atoms. The lowest BCUT2D eigenvalue weighted by atomic mass is 10.2. The Morgan fingerprint density at radius 3 is 2.50 bits per heavy atom. The van der Waals surface area contributed by atoms with Gasteiger partial charge in [0.25, 0.3) is 0 Å². The van der Waals surface area contributed by atoms with Crippen LogP contribution in [0.4, 0.5) is 5.69 Å². The first kappa shape index (κ1) is 17.4. The summed E-state index contributed by atoms with van der Waals surface area (Å²) in [5.41, 5.74) is 6.82. The molecule has 0 saturated heterocycles. The maximum Gasteiger partial charge on any atom is 0.243 e. The second-order valence-electron chi connectivity index (χ2n) is 4.93. The van der Waals surface area contributed by atoms with E-state index in [9.17, 15) is 8.42 Å². The van der Waals surface area contributed by atoms with Crippen LogP contribution in [0.2, 0.25) is 0 Å². The Balaban J connectivity index is 3.29. The molecule has 3 N–H and O–H groups in total. The fourth-order valence-corrected chi connectivity index (χ4v) is 4.33. The van der Waals surface area contributed by atoms with Crippen molar-refractivity contribution < 1.29 is 13.5 Å². The van der Waals surface area contributed by atoms with Crippen molar-refractivity contribution in [3.8, 4) is 0 Å². The minimum absolute atomic E-state index is 0.0415. The molecule has 1 aromatic rings. The second-order valence-corrected chi connectivity index (χ2v) is 7.64. The van der Waals surface area contributed by atoms with Gasteiger partial charge in [0, 0.05) is 29.4 Å². The topological polar surface area (TPSA) is 83.6 Å². The summed E-state index contributed by atoms with van der Waals surface area (Å²) in [6, 6.07) is 2.99. The van der Waals surface area contributed by atoms with Gasteiger partial charge in [-0.2, -0.15) is 4.31 Å². The lowest BCUT2D eigenvalue weighted by Gasteiger charge is -2.26. The van der Waals surface area contributed by atoms with Gasteiger partial charge >= 0.3 is 0 Å². The number of aliphatic hydroxyl groups excluding tert-OH is 1. The minimum atomic E-state index is -3.62. The molecule has 5 nitrogen and oxygen atoms in total. The summed E-state index contributed by atoms with van der Waals surface area (Å²) in [4.78, 5) is 0.213. The van der Waals surface area contributed by atoms with Crippen molar-refractivity contribution in [2.75, 3.05) is 18.9 Å². The SMILES string of the molecule is Cc1cc(Br)c(N)cc1S(=O)(=O)N(CCCO)C(C)C. The van der Waals surface area contributed by atoms with E-state index in [2.05, 4.69) is 15.9 Å². The van der Waals surface area contributed by atoms with Gasteiger partial charge in [-0.15, -0.1) is 0 Å². The van der Waals surface area contributed by atoms with Crippen molar-refractivity contribution in [1.82, 2.24) is 4.31 Å². The van der Waals surface area contributed by atoms with Crippen LogP contribution in [-0.2, 0) is 10.0 Å². The number of nitrogen functional groups attached to an aromatic ring is 1. The van der Waals surface area contributed by atoms with E-state index in [1.54, 1.807) is 13.0 Å². The Bertz CT molecular complexity index is 573. The summed E-state index contributed by atoms with van der Waals surface area (Å²) in [6.07, 6.45) is 0.405. The monoisotopic (exact) mass is 364 g/mol. The van der Waals surface area contributed by atoms with Gasteiger partial charge in [0.15, 0.2) is 0 Å². The molecule has 0 saturated carbocycles. The quantitative estimate of drug-likeness (QED) is 0.757. The fourth-order valence-electron chi connectivity index (χ4n) is 1.96. The Hall–Kier alpha value is -0.630. The van der Waals surface area contributed by atoms with E-state index < -0.39 is 10.0 Å². The van der Waals surface area contributed by atoms with E-state index >= 15 is 0 Å². The highest BCUT2D eigenvalue weighted by molar-refractivity contribution is 9.10. The lowest BCUT2D eigenvalue weighted by molar-refractivity contribution is 0.258. The average molecular weight is 365 g/mol. The number of aliphatic hydroxyl groups is 1. The Morgan fingerprint density at radius 2 is 2.00 bits per heavy atom. The van der Waals surface area contributed by atoms with Crippen molar-refractivity contribution in [1.29, 1.82) is 0 Å². The Kier molecular flexibility index (Phi) is 6.00. The van der Waals surface area contributed by atoms with Crippen molar-refractivity contribution in [3.63, 3.8) is 0 Å². The number of hydrogen-bond donors (Lipinski definition) is 2. The van der Waals surface area contributed by atoms with E-state index in [-0.39, 0.29) is 24.1 Å². The Morgan fingerprint density at radius 1 is 1.40 bits per heavy atom. The first-order valence-electron chi connectivity index (χ1n) is 6.40. The van der Waals surface area contributed by atoms with Gasteiger partial charge < -0.3 is 10.8 Å². The van der Waals surface area contributed by atoms with Crippen molar-refractivity contribution >= 4 is 31.6 Å². The highest BCUT2D eigenvalue weighted by Crippen LogP contribution is 2.29. The van der Waals surface area contributed by atoms with Crippen LogP contribution in [0.1, 0.15) is 25.8 Å². The number of hydrogen-bond acceptors (Lipinski definition) is 4. The summed E-state index contributed by atoms with van der Waals surface area (Å²) in [5.74, 6) is 0. The summed E-state index contributed by atoms with van der Waals surface area (Å²) in [7, 11) is -3.62. The molecule has 0 unspecified atom stereocenters. The van der Waals surface area contributed by atoms with Crippen molar-refractivity contribution in [2.24, 2.45) is 0 Å². The summed E-state index contributed by atoms with van der Waals surface area (Å²) < 4.78 is 27.5. The third-order valence-electron chi connectivity index (χ3n) is 2.99. The number of halogens is 1. The Labute approximate surface area is 129 Å². The van der Waals surface area contributed by atoms with Crippen LogP contribution >= 0.6 is 15.9 Å². The van der Waals surface area contributed by atoms with Crippen LogP contribution in [0.3, 0.4) is 0 Å². The number of benzene rings is 1. The number of sulfonamides is 1. The molecule has 1 aromatic carbocycles. The summed E-state index contributed by atoms with van der Waals surface area (Å²) >= 11 is 3.29. The number of aryl methyl sites for hydroxylation is 1. The van der Waals surface area contributed by atoms with Gasteiger partial charge in [-0.3, -0.25) is 0 Å². The van der Waals surface area contributed by atoms with E-state index in [1.165, 1.54) is 10.4 Å². The molecule has 7 heteroatoms. The molecule has 0 aromatic heterocycles. The average Bonchev–Trinajstić information content (AvgIpc) is 2.33. The third-order valence-corrected chi connectivity index (χ3v) is 5.90. The number of nitrogens with zero attached hydrogens (tertiary/aromatic N) is 1. The summed E-state index contributed by atoms with van der Waals surface area (Å²) in [5, 5.41) is 8.92. The van der Waals surface area contributed by atoms with Crippen LogP contribution in [0.5, 0.6) is 0 Å². The molecule has 0 amide bonds. The maximum absolute atomic E-state index is 12.7. The summed E-state index contributed by atoms with van der Waals surface area (Å²) in [6.45, 7) is 5.60. The van der Waals surface area contributed by atoms with Crippen LogP contribution < -0.4 is 5.73 Å². The smallest absolute Gasteiger partial charge is 0.243 e. The number of nitrogens with two attached hydrogens (primary N) is 1. The minimum Gasteiger partial charge on any atom is -0.398 e. The van der Waals surface area contributed by atoms with Crippen LogP contribution in [0.15, 0.2) is 21.5 Å². The molecule has 0 heterocycles. The molecule has 0 atom stereocenters. The van der Waals surface area contributed by atoms with E-state index in [4.69, 9.17) is 10.8 Å². The molecule has 114 valence electrons. The highest BCUT2D eigenvalue weighted by atomic mass is 79.9.